The molecule has 0 aliphatic carbocycles. The number of nitrogens with zero attached hydrogens (tertiary/aromatic N) is 1. The summed E-state index contributed by atoms with van der Waals surface area (Å²) >= 11 is 0. The lowest BCUT2D eigenvalue weighted by Gasteiger charge is -2.28. The summed E-state index contributed by atoms with van der Waals surface area (Å²) in [4.78, 5) is 26.0. The number of carbonyl (C=O) groups is 2. The molecule has 0 bridgehead atoms. The molecule has 0 aromatic heterocycles. The van der Waals surface area contributed by atoms with Crippen LogP contribution < -0.4 is 14.8 Å². The summed E-state index contributed by atoms with van der Waals surface area (Å²) in [6, 6.07) is 12.8. The van der Waals surface area contributed by atoms with Gasteiger partial charge in [0.15, 0.2) is 0 Å². The highest BCUT2D eigenvalue weighted by molar-refractivity contribution is 6.21. The summed E-state index contributed by atoms with van der Waals surface area (Å²) in [7, 11) is 1.65. The van der Waals surface area contributed by atoms with Crippen molar-refractivity contribution in [2.45, 2.75) is 12.5 Å². The van der Waals surface area contributed by atoms with Crippen LogP contribution in [-0.2, 0) is 6.42 Å². The van der Waals surface area contributed by atoms with Gasteiger partial charge in [0.1, 0.15) is 18.1 Å². The van der Waals surface area contributed by atoms with E-state index in [0.29, 0.717) is 30.8 Å². The van der Waals surface area contributed by atoms with E-state index < -0.39 is 0 Å². The van der Waals surface area contributed by atoms with Gasteiger partial charge in [0, 0.05) is 24.7 Å². The van der Waals surface area contributed by atoms with Gasteiger partial charge in [0.2, 0.25) is 0 Å². The zero-order valence-electron chi connectivity index (χ0n) is 14.5. The van der Waals surface area contributed by atoms with E-state index in [1.54, 1.807) is 31.4 Å². The van der Waals surface area contributed by atoms with Gasteiger partial charge < -0.3 is 14.8 Å². The first-order valence-corrected chi connectivity index (χ1v) is 8.66. The Balaban J connectivity index is 1.36. The molecular formula is C20H20N2O4. The van der Waals surface area contributed by atoms with Crippen molar-refractivity contribution in [2.75, 3.05) is 26.8 Å². The Kier molecular flexibility index (Phi) is 4.34. The van der Waals surface area contributed by atoms with Crippen molar-refractivity contribution in [3.05, 3.63) is 59.2 Å². The SMILES string of the molecule is COc1cccc2c1CC(NCCN1C(=O)c3ccccc3C1=O)CO2. The van der Waals surface area contributed by atoms with Crippen LogP contribution in [0.3, 0.4) is 0 Å². The third-order valence-corrected chi connectivity index (χ3v) is 4.85. The largest absolute Gasteiger partial charge is 0.496 e. The smallest absolute Gasteiger partial charge is 0.261 e. The fourth-order valence-corrected chi connectivity index (χ4v) is 3.52. The van der Waals surface area contributed by atoms with Gasteiger partial charge in [-0.05, 0) is 30.7 Å². The topological polar surface area (TPSA) is 67.9 Å². The summed E-state index contributed by atoms with van der Waals surface area (Å²) in [5.74, 6) is 1.22. The van der Waals surface area contributed by atoms with Gasteiger partial charge >= 0.3 is 0 Å². The van der Waals surface area contributed by atoms with Crippen LogP contribution in [0.4, 0.5) is 0 Å². The summed E-state index contributed by atoms with van der Waals surface area (Å²) in [5.41, 5.74) is 2.01. The van der Waals surface area contributed by atoms with Crippen LogP contribution in [0.25, 0.3) is 0 Å². The third-order valence-electron chi connectivity index (χ3n) is 4.85. The maximum Gasteiger partial charge on any atom is 0.261 e. The van der Waals surface area contributed by atoms with Crippen molar-refractivity contribution >= 4 is 11.8 Å². The highest BCUT2D eigenvalue weighted by atomic mass is 16.5. The Morgan fingerprint density at radius 2 is 1.85 bits per heavy atom. The van der Waals surface area contributed by atoms with E-state index in [1.165, 1.54) is 4.90 Å². The van der Waals surface area contributed by atoms with E-state index in [1.807, 2.05) is 18.2 Å². The van der Waals surface area contributed by atoms with Crippen LogP contribution in [0, 0.1) is 0 Å². The van der Waals surface area contributed by atoms with Crippen molar-refractivity contribution in [3.8, 4) is 11.5 Å². The minimum absolute atomic E-state index is 0.106. The van der Waals surface area contributed by atoms with Gasteiger partial charge in [-0.1, -0.05) is 18.2 Å². The number of rotatable bonds is 5. The lowest BCUT2D eigenvalue weighted by molar-refractivity contribution is 0.0653. The zero-order chi connectivity index (χ0) is 18.1. The van der Waals surface area contributed by atoms with E-state index in [2.05, 4.69) is 5.32 Å². The van der Waals surface area contributed by atoms with E-state index >= 15 is 0 Å². The van der Waals surface area contributed by atoms with Crippen LogP contribution in [0.2, 0.25) is 0 Å². The monoisotopic (exact) mass is 352 g/mol. The second kappa shape index (κ2) is 6.80. The number of hydrogen-bond donors (Lipinski definition) is 1. The number of carbonyl (C=O) groups excluding carboxylic acids is 2. The number of benzene rings is 2. The molecule has 0 saturated carbocycles. The molecule has 26 heavy (non-hydrogen) atoms. The normalized spacial score (nSPS) is 18.3. The number of fused-ring (bicyclic) bond motifs is 2. The number of hydrogen-bond acceptors (Lipinski definition) is 5. The molecule has 2 aromatic rings. The van der Waals surface area contributed by atoms with Crippen LogP contribution >= 0.6 is 0 Å². The standard InChI is InChI=1S/C20H20N2O4/c1-25-17-7-4-8-18-16(17)11-13(12-26-18)21-9-10-22-19(23)14-5-2-3-6-15(14)20(22)24/h2-8,13,21H,9-12H2,1H3. The maximum absolute atomic E-state index is 12.4. The minimum Gasteiger partial charge on any atom is -0.496 e. The Bertz CT molecular complexity index is 815. The molecule has 2 amide bonds. The zero-order valence-corrected chi connectivity index (χ0v) is 14.5. The molecule has 134 valence electrons. The Hall–Kier alpha value is -2.86. The molecule has 0 saturated heterocycles. The summed E-state index contributed by atoms with van der Waals surface area (Å²) < 4.78 is 11.2. The molecule has 6 heteroatoms. The maximum atomic E-state index is 12.4. The van der Waals surface area contributed by atoms with Crippen molar-refractivity contribution in [1.29, 1.82) is 0 Å². The van der Waals surface area contributed by atoms with Crippen LogP contribution in [0.15, 0.2) is 42.5 Å². The molecule has 2 aliphatic rings. The van der Waals surface area contributed by atoms with Gasteiger partial charge in [-0.2, -0.15) is 0 Å². The van der Waals surface area contributed by atoms with Gasteiger partial charge in [-0.15, -0.1) is 0 Å². The fraction of sp³-hybridized carbons (Fsp3) is 0.300. The van der Waals surface area contributed by atoms with Crippen LogP contribution in [0.5, 0.6) is 11.5 Å². The second-order valence-electron chi connectivity index (χ2n) is 6.41. The molecule has 1 unspecified atom stereocenters. The molecule has 6 nitrogen and oxygen atoms in total. The number of methoxy groups -OCH3 is 1. The number of nitrogens with one attached hydrogen (secondary N) is 1. The van der Waals surface area contributed by atoms with Gasteiger partial charge in [0.05, 0.1) is 18.2 Å². The molecule has 0 radical (unpaired) electrons. The molecule has 4 rings (SSSR count). The summed E-state index contributed by atoms with van der Waals surface area (Å²) in [6.45, 7) is 1.40. The molecule has 0 fully saturated rings. The van der Waals surface area contributed by atoms with Gasteiger partial charge in [0.25, 0.3) is 11.8 Å². The first-order chi connectivity index (χ1) is 12.7. The highest BCUT2D eigenvalue weighted by Gasteiger charge is 2.34. The molecule has 2 heterocycles. The minimum atomic E-state index is -0.223. The van der Waals surface area contributed by atoms with E-state index in [0.717, 1.165) is 23.5 Å². The highest BCUT2D eigenvalue weighted by Crippen LogP contribution is 2.32. The predicted octanol–water partition coefficient (Wildman–Crippen LogP) is 1.88. The van der Waals surface area contributed by atoms with Crippen molar-refractivity contribution in [3.63, 3.8) is 0 Å². The average molecular weight is 352 g/mol. The first-order valence-electron chi connectivity index (χ1n) is 8.66. The third kappa shape index (κ3) is 2.82. The lowest BCUT2D eigenvalue weighted by Crippen LogP contribution is -2.44. The molecule has 1 N–H and O–H groups in total. The molecular weight excluding hydrogens is 332 g/mol. The molecule has 1 atom stereocenters. The fourth-order valence-electron chi connectivity index (χ4n) is 3.52. The molecule has 2 aromatic carbocycles. The van der Waals surface area contributed by atoms with Crippen molar-refractivity contribution < 1.29 is 19.1 Å². The Morgan fingerprint density at radius 3 is 2.54 bits per heavy atom. The van der Waals surface area contributed by atoms with Crippen LogP contribution in [-0.4, -0.2) is 49.6 Å². The number of amides is 2. The van der Waals surface area contributed by atoms with Gasteiger partial charge in [-0.25, -0.2) is 0 Å². The van der Waals surface area contributed by atoms with Crippen molar-refractivity contribution in [1.82, 2.24) is 10.2 Å². The molecule has 0 spiro atoms. The van der Waals surface area contributed by atoms with Crippen molar-refractivity contribution in [2.24, 2.45) is 0 Å². The number of ether oxygens (including phenoxy) is 2. The molecule has 2 aliphatic heterocycles. The van der Waals surface area contributed by atoms with E-state index in [9.17, 15) is 9.59 Å². The predicted molar refractivity (Wildman–Crippen MR) is 95.8 cm³/mol. The second-order valence-corrected chi connectivity index (χ2v) is 6.41. The Labute approximate surface area is 151 Å². The van der Waals surface area contributed by atoms with Crippen LogP contribution in [0.1, 0.15) is 26.3 Å². The van der Waals surface area contributed by atoms with E-state index in [-0.39, 0.29) is 17.9 Å². The van der Waals surface area contributed by atoms with E-state index in [4.69, 9.17) is 9.47 Å². The van der Waals surface area contributed by atoms with Gasteiger partial charge in [-0.3, -0.25) is 14.5 Å². The lowest BCUT2D eigenvalue weighted by atomic mass is 10.0. The Morgan fingerprint density at radius 1 is 1.12 bits per heavy atom. The number of imide groups is 1. The average Bonchev–Trinajstić information content (AvgIpc) is 2.92. The first kappa shape index (κ1) is 16.6. The summed E-state index contributed by atoms with van der Waals surface area (Å²) in [6.07, 6.45) is 0.779. The summed E-state index contributed by atoms with van der Waals surface area (Å²) in [5, 5.41) is 3.38. The quantitative estimate of drug-likeness (QED) is 0.833.